The van der Waals surface area contributed by atoms with Gasteiger partial charge in [-0.3, -0.25) is 4.79 Å². The lowest BCUT2D eigenvalue weighted by Gasteiger charge is -2.18. The maximum atomic E-state index is 12.6. The van der Waals surface area contributed by atoms with Crippen molar-refractivity contribution < 1.29 is 13.2 Å². The van der Waals surface area contributed by atoms with Gasteiger partial charge in [0.1, 0.15) is 0 Å². The number of aliphatic imine (C=N–C) groups is 1. The van der Waals surface area contributed by atoms with Gasteiger partial charge in [-0.05, 0) is 30.2 Å². The first kappa shape index (κ1) is 21.1. The molecule has 2 aromatic rings. The zero-order chi connectivity index (χ0) is 21.3. The summed E-state index contributed by atoms with van der Waals surface area (Å²) in [6, 6.07) is 14.6. The van der Waals surface area contributed by atoms with E-state index < -0.39 is 9.84 Å². The van der Waals surface area contributed by atoms with Gasteiger partial charge in [-0.25, -0.2) is 13.4 Å². The van der Waals surface area contributed by atoms with Crippen molar-refractivity contribution in [3.63, 3.8) is 0 Å². The Labute approximate surface area is 184 Å². The summed E-state index contributed by atoms with van der Waals surface area (Å²) < 4.78 is 24.2. The van der Waals surface area contributed by atoms with Crippen LogP contribution in [0.2, 0.25) is 5.02 Å². The molecule has 0 spiro atoms. The van der Waals surface area contributed by atoms with E-state index in [9.17, 15) is 13.2 Å². The van der Waals surface area contributed by atoms with E-state index in [1.807, 2.05) is 43.3 Å². The Morgan fingerprint density at radius 3 is 2.73 bits per heavy atom. The first-order chi connectivity index (χ1) is 14.3. The van der Waals surface area contributed by atoms with Gasteiger partial charge in [0.25, 0.3) is 5.91 Å². The second kappa shape index (κ2) is 8.53. The van der Waals surface area contributed by atoms with E-state index in [0.29, 0.717) is 10.2 Å². The summed E-state index contributed by atoms with van der Waals surface area (Å²) in [4.78, 5) is 16.8. The Morgan fingerprint density at radius 2 is 2.00 bits per heavy atom. The Bertz CT molecular complexity index is 1130. The van der Waals surface area contributed by atoms with Crippen molar-refractivity contribution in [3.05, 3.63) is 70.2 Å². The topological polar surface area (TPSA) is 79.2 Å². The molecule has 0 unspecified atom stereocenters. The molecule has 156 valence electrons. The van der Waals surface area contributed by atoms with Gasteiger partial charge in [0.15, 0.2) is 15.0 Å². The van der Waals surface area contributed by atoms with Crippen molar-refractivity contribution in [1.82, 2.24) is 5.01 Å². The molecule has 2 heterocycles. The fraction of sp³-hybridized carbons (Fsp3) is 0.286. The molecule has 2 atom stereocenters. The number of hydrogen-bond acceptors (Lipinski definition) is 5. The summed E-state index contributed by atoms with van der Waals surface area (Å²) >= 11 is 7.23. The van der Waals surface area contributed by atoms with Crippen molar-refractivity contribution in [2.75, 3.05) is 11.5 Å². The number of halogens is 1. The minimum absolute atomic E-state index is 0.00765. The Kier molecular flexibility index (Phi) is 5.99. The van der Waals surface area contributed by atoms with Crippen LogP contribution in [0.4, 0.5) is 0 Å². The van der Waals surface area contributed by atoms with E-state index in [2.05, 4.69) is 10.1 Å². The molecule has 0 radical (unpaired) electrons. The van der Waals surface area contributed by atoms with E-state index in [1.54, 1.807) is 23.4 Å². The highest BCUT2D eigenvalue weighted by molar-refractivity contribution is 8.15. The van der Waals surface area contributed by atoms with E-state index in [4.69, 9.17) is 11.6 Å². The maximum absolute atomic E-state index is 12.6. The molecule has 30 heavy (non-hydrogen) atoms. The molecule has 0 saturated carbocycles. The average Bonchev–Trinajstić information content (AvgIpc) is 3.12. The third kappa shape index (κ3) is 4.94. The quantitative estimate of drug-likeness (QED) is 0.652. The molecule has 2 aliphatic heterocycles. The molecule has 4 rings (SSSR count). The number of benzene rings is 2. The molecule has 2 aromatic carbocycles. The number of amidine groups is 1. The van der Waals surface area contributed by atoms with Crippen LogP contribution in [-0.4, -0.2) is 53.5 Å². The number of amides is 1. The number of hydrazone groups is 1. The largest absolute Gasteiger partial charge is 0.272 e. The molecule has 0 N–H and O–H groups in total. The van der Waals surface area contributed by atoms with Crippen LogP contribution < -0.4 is 0 Å². The van der Waals surface area contributed by atoms with Gasteiger partial charge in [-0.15, -0.1) is 0 Å². The fourth-order valence-corrected chi connectivity index (χ4v) is 7.48. The number of nitrogens with zero attached hydrogens (tertiary/aromatic N) is 3. The van der Waals surface area contributed by atoms with Crippen LogP contribution in [0.5, 0.6) is 0 Å². The van der Waals surface area contributed by atoms with Gasteiger partial charge < -0.3 is 0 Å². The number of carbonyl (C=O) groups excluding carboxylic acids is 1. The number of carbonyl (C=O) groups is 1. The molecule has 2 saturated heterocycles. The van der Waals surface area contributed by atoms with Gasteiger partial charge >= 0.3 is 0 Å². The predicted molar refractivity (Wildman–Crippen MR) is 122 cm³/mol. The smallest absolute Gasteiger partial charge is 0.252 e. The summed E-state index contributed by atoms with van der Waals surface area (Å²) in [5.41, 5.74) is 2.79. The van der Waals surface area contributed by atoms with Crippen LogP contribution in [0, 0.1) is 6.92 Å². The van der Waals surface area contributed by atoms with E-state index in [0.717, 1.165) is 16.7 Å². The summed E-state index contributed by atoms with van der Waals surface area (Å²) in [5, 5.41) is 6.96. The van der Waals surface area contributed by atoms with Gasteiger partial charge in [-0.2, -0.15) is 10.1 Å². The molecule has 2 fully saturated rings. The molecular formula is C21H20ClN3O3S2. The van der Waals surface area contributed by atoms with Crippen molar-refractivity contribution in [2.45, 2.75) is 24.6 Å². The zero-order valence-corrected chi connectivity index (χ0v) is 18.6. The zero-order valence-electron chi connectivity index (χ0n) is 16.2. The first-order valence-corrected chi connectivity index (χ1v) is 12.5. The van der Waals surface area contributed by atoms with Gasteiger partial charge in [0, 0.05) is 5.02 Å². The molecule has 9 heteroatoms. The SMILES string of the molecule is Cc1cccc(CC(=O)N=C2S[C@@H]3CS(=O)(=O)C[C@H]3N2/N=C\c2ccc(Cl)cc2)c1. The third-order valence-corrected chi connectivity index (χ3v) is 8.35. The highest BCUT2D eigenvalue weighted by atomic mass is 35.5. The Morgan fingerprint density at radius 1 is 1.23 bits per heavy atom. The molecule has 2 aliphatic rings. The van der Waals surface area contributed by atoms with E-state index in [-0.39, 0.29) is 35.1 Å². The molecule has 1 amide bonds. The monoisotopic (exact) mass is 461 g/mol. The van der Waals surface area contributed by atoms with Crippen LogP contribution in [0.25, 0.3) is 0 Å². The van der Waals surface area contributed by atoms with Crippen molar-refractivity contribution in [3.8, 4) is 0 Å². The van der Waals surface area contributed by atoms with Crippen LogP contribution in [0.15, 0.2) is 58.6 Å². The lowest BCUT2D eigenvalue weighted by Crippen LogP contribution is -2.33. The van der Waals surface area contributed by atoms with Gasteiger partial charge in [-0.1, -0.05) is 65.3 Å². The molecule has 0 bridgehead atoms. The number of thioether (sulfide) groups is 1. The highest BCUT2D eigenvalue weighted by Crippen LogP contribution is 2.38. The van der Waals surface area contributed by atoms with Crippen LogP contribution in [0.3, 0.4) is 0 Å². The fourth-order valence-electron chi connectivity index (χ4n) is 3.50. The number of aryl methyl sites for hydroxylation is 1. The number of hydrogen-bond donors (Lipinski definition) is 0. The third-order valence-electron chi connectivity index (χ3n) is 4.90. The van der Waals surface area contributed by atoms with E-state index in [1.165, 1.54) is 11.8 Å². The first-order valence-electron chi connectivity index (χ1n) is 9.42. The summed E-state index contributed by atoms with van der Waals surface area (Å²) in [5.74, 6) is -0.202. The van der Waals surface area contributed by atoms with Crippen LogP contribution in [0.1, 0.15) is 16.7 Å². The number of sulfone groups is 1. The Balaban J connectivity index is 1.57. The van der Waals surface area contributed by atoms with Crippen molar-refractivity contribution >= 4 is 50.5 Å². The normalized spacial score (nSPS) is 23.9. The molecule has 0 aromatic heterocycles. The summed E-state index contributed by atoms with van der Waals surface area (Å²) in [6.07, 6.45) is 1.82. The van der Waals surface area contributed by atoms with Gasteiger partial charge in [0.2, 0.25) is 0 Å². The standard InChI is InChI=1S/C21H20ClN3O3S2/c1-14-3-2-4-16(9-14)10-20(26)24-21-25(18-12-30(27,28)13-19(18)29-21)23-11-15-5-7-17(22)8-6-15/h2-9,11,18-19H,10,12-13H2,1H3/b23-11-,24-21?/t18-,19-/m1/s1. The minimum Gasteiger partial charge on any atom is -0.272 e. The highest BCUT2D eigenvalue weighted by Gasteiger charge is 2.49. The lowest BCUT2D eigenvalue weighted by molar-refractivity contribution is -0.117. The predicted octanol–water partition coefficient (Wildman–Crippen LogP) is 3.32. The van der Waals surface area contributed by atoms with E-state index >= 15 is 0 Å². The van der Waals surface area contributed by atoms with Crippen molar-refractivity contribution in [2.24, 2.45) is 10.1 Å². The molecular weight excluding hydrogens is 442 g/mol. The molecule has 6 nitrogen and oxygen atoms in total. The van der Waals surface area contributed by atoms with Crippen molar-refractivity contribution in [1.29, 1.82) is 0 Å². The maximum Gasteiger partial charge on any atom is 0.252 e. The van der Waals surface area contributed by atoms with Crippen LogP contribution in [-0.2, 0) is 21.1 Å². The Hall–Kier alpha value is -2.16. The minimum atomic E-state index is -3.13. The molecule has 0 aliphatic carbocycles. The number of rotatable bonds is 4. The second-order valence-corrected chi connectivity index (χ2v) is 11.2. The van der Waals surface area contributed by atoms with Gasteiger partial charge in [0.05, 0.1) is 35.4 Å². The van der Waals surface area contributed by atoms with Crippen LogP contribution >= 0.6 is 23.4 Å². The lowest BCUT2D eigenvalue weighted by atomic mass is 10.1. The second-order valence-electron chi connectivity index (χ2n) is 7.40. The average molecular weight is 462 g/mol. The summed E-state index contributed by atoms with van der Waals surface area (Å²) in [7, 11) is -3.13. The number of fused-ring (bicyclic) bond motifs is 1. The summed E-state index contributed by atoms with van der Waals surface area (Å²) in [6.45, 7) is 1.97.